The second-order valence-corrected chi connectivity index (χ2v) is 5.58. The fraction of sp³-hybridized carbons (Fsp3) is 0.333. The van der Waals surface area contributed by atoms with Crippen molar-refractivity contribution in [3.8, 4) is 0 Å². The van der Waals surface area contributed by atoms with Crippen molar-refractivity contribution in [2.75, 3.05) is 0 Å². The lowest BCUT2D eigenvalue weighted by atomic mass is 10.2. The molecule has 0 aliphatic heterocycles. The van der Waals surface area contributed by atoms with Gasteiger partial charge in [-0.25, -0.2) is 0 Å². The average molecular weight is 344 g/mol. The van der Waals surface area contributed by atoms with Gasteiger partial charge in [0.25, 0.3) is 5.69 Å². The lowest BCUT2D eigenvalue weighted by Crippen LogP contribution is -2.05. The van der Waals surface area contributed by atoms with Crippen LogP contribution >= 0.6 is 22.6 Å². The molecule has 0 fully saturated rings. The van der Waals surface area contributed by atoms with Crippen LogP contribution in [0, 0.1) is 19.7 Å². The van der Waals surface area contributed by atoms with E-state index in [4.69, 9.17) is 0 Å². The summed E-state index contributed by atoms with van der Waals surface area (Å²) in [5.74, 6) is 0.550. The van der Waals surface area contributed by atoms with Crippen molar-refractivity contribution in [2.24, 2.45) is 5.92 Å². The van der Waals surface area contributed by atoms with E-state index >= 15 is 0 Å². The number of non-ortho nitro benzene ring substituents is 1. The smallest absolute Gasteiger partial charge is 0.270 e. The molecule has 5 heteroatoms. The lowest BCUT2D eigenvalue weighted by Gasteiger charge is -2.09. The third kappa shape index (κ3) is 2.43. The van der Waals surface area contributed by atoms with E-state index in [1.54, 1.807) is 12.1 Å². The summed E-state index contributed by atoms with van der Waals surface area (Å²) in [6.07, 6.45) is 0. The van der Waals surface area contributed by atoms with Gasteiger partial charge in [0, 0.05) is 29.6 Å². The Labute approximate surface area is 113 Å². The number of hydrogen-bond donors (Lipinski definition) is 0. The number of benzene rings is 1. The van der Waals surface area contributed by atoms with E-state index in [1.807, 2.05) is 12.1 Å². The second kappa shape index (κ2) is 4.64. The molecule has 1 aromatic carbocycles. The highest BCUT2D eigenvalue weighted by Crippen LogP contribution is 2.26. The van der Waals surface area contributed by atoms with Crippen molar-refractivity contribution in [1.82, 2.24) is 4.57 Å². The van der Waals surface area contributed by atoms with Gasteiger partial charge in [0.15, 0.2) is 0 Å². The van der Waals surface area contributed by atoms with E-state index in [2.05, 4.69) is 41.0 Å². The highest BCUT2D eigenvalue weighted by atomic mass is 127. The third-order valence-corrected chi connectivity index (χ3v) is 3.49. The summed E-state index contributed by atoms with van der Waals surface area (Å²) in [5, 5.41) is 11.6. The van der Waals surface area contributed by atoms with E-state index in [0.29, 0.717) is 5.92 Å². The van der Waals surface area contributed by atoms with Crippen LogP contribution < -0.4 is 0 Å². The van der Waals surface area contributed by atoms with Crippen molar-refractivity contribution in [3.05, 3.63) is 38.1 Å². The van der Waals surface area contributed by atoms with E-state index in [9.17, 15) is 10.1 Å². The summed E-state index contributed by atoms with van der Waals surface area (Å²) in [4.78, 5) is 10.4. The maximum Gasteiger partial charge on any atom is 0.270 e. The molecular formula is C12H13IN2O2. The summed E-state index contributed by atoms with van der Waals surface area (Å²) < 4.78 is 3.32. The first-order chi connectivity index (χ1) is 7.99. The maximum atomic E-state index is 10.7. The number of rotatable bonds is 3. The van der Waals surface area contributed by atoms with Crippen LogP contribution in [0.5, 0.6) is 0 Å². The number of fused-ring (bicyclic) bond motifs is 1. The van der Waals surface area contributed by atoms with Crippen molar-refractivity contribution < 1.29 is 4.92 Å². The Hall–Kier alpha value is -1.11. The van der Waals surface area contributed by atoms with Crippen LogP contribution in [0.1, 0.15) is 13.8 Å². The quantitative estimate of drug-likeness (QED) is 0.483. The predicted molar refractivity (Wildman–Crippen MR) is 76.1 cm³/mol. The largest absolute Gasteiger partial charge is 0.336 e. The Bertz CT molecular complexity index is 575. The minimum atomic E-state index is -0.355. The molecule has 0 aliphatic rings. The average Bonchev–Trinajstić information content (AvgIpc) is 2.54. The molecular weight excluding hydrogens is 331 g/mol. The van der Waals surface area contributed by atoms with E-state index < -0.39 is 0 Å². The molecule has 0 saturated heterocycles. The van der Waals surface area contributed by atoms with Gasteiger partial charge in [-0.2, -0.15) is 0 Å². The molecule has 2 rings (SSSR count). The van der Waals surface area contributed by atoms with Crippen LogP contribution in [0.3, 0.4) is 0 Å². The van der Waals surface area contributed by atoms with Gasteiger partial charge in [0.1, 0.15) is 0 Å². The van der Waals surface area contributed by atoms with Crippen molar-refractivity contribution in [1.29, 1.82) is 0 Å². The molecule has 0 unspecified atom stereocenters. The molecule has 1 heterocycles. The first kappa shape index (κ1) is 12.3. The number of hydrogen-bond acceptors (Lipinski definition) is 2. The number of nitrogens with zero attached hydrogens (tertiary/aromatic N) is 2. The molecule has 0 spiro atoms. The Morgan fingerprint density at radius 3 is 2.71 bits per heavy atom. The summed E-state index contributed by atoms with van der Waals surface area (Å²) in [5.41, 5.74) is 1.21. The van der Waals surface area contributed by atoms with Crippen molar-refractivity contribution in [3.63, 3.8) is 0 Å². The summed E-state index contributed by atoms with van der Waals surface area (Å²) in [6, 6.07) is 7.02. The Balaban J connectivity index is 2.56. The molecule has 0 radical (unpaired) electrons. The number of nitro groups is 1. The van der Waals surface area contributed by atoms with Crippen LogP contribution in [0.4, 0.5) is 5.69 Å². The highest BCUT2D eigenvalue weighted by molar-refractivity contribution is 14.1. The van der Waals surface area contributed by atoms with Crippen LogP contribution in [-0.4, -0.2) is 9.49 Å². The summed E-state index contributed by atoms with van der Waals surface area (Å²) >= 11 is 2.27. The van der Waals surface area contributed by atoms with Crippen LogP contribution in [0.25, 0.3) is 10.9 Å². The zero-order valence-corrected chi connectivity index (χ0v) is 11.8. The molecule has 1 aromatic heterocycles. The Kier molecular flexibility index (Phi) is 3.37. The van der Waals surface area contributed by atoms with Gasteiger partial charge < -0.3 is 4.57 Å². The standard InChI is InChI=1S/C12H13IN2O2/c1-8(2)7-14-11-4-3-10(15(16)17)5-9(11)6-12(14)13/h3-6,8H,7H2,1-2H3. The van der Waals surface area contributed by atoms with Gasteiger partial charge in [0.2, 0.25) is 0 Å². The SMILES string of the molecule is CC(C)Cn1c(I)cc2cc([N+](=O)[O-])ccc21. The monoisotopic (exact) mass is 344 g/mol. The first-order valence-electron chi connectivity index (χ1n) is 5.42. The van der Waals surface area contributed by atoms with Gasteiger partial charge in [-0.05, 0) is 40.6 Å². The molecule has 0 aliphatic carbocycles. The van der Waals surface area contributed by atoms with Gasteiger partial charge in [0.05, 0.1) is 8.62 Å². The molecule has 0 bridgehead atoms. The van der Waals surface area contributed by atoms with E-state index in [-0.39, 0.29) is 10.6 Å². The third-order valence-electron chi connectivity index (χ3n) is 2.59. The predicted octanol–water partition coefficient (Wildman–Crippen LogP) is 3.81. The lowest BCUT2D eigenvalue weighted by molar-refractivity contribution is -0.384. The summed E-state index contributed by atoms with van der Waals surface area (Å²) in [7, 11) is 0. The molecule has 90 valence electrons. The number of aromatic nitrogens is 1. The molecule has 4 nitrogen and oxygen atoms in total. The minimum Gasteiger partial charge on any atom is -0.336 e. The van der Waals surface area contributed by atoms with Crippen LogP contribution in [-0.2, 0) is 6.54 Å². The molecule has 17 heavy (non-hydrogen) atoms. The highest BCUT2D eigenvalue weighted by Gasteiger charge is 2.12. The van der Waals surface area contributed by atoms with Gasteiger partial charge in [-0.1, -0.05) is 13.8 Å². The zero-order valence-electron chi connectivity index (χ0n) is 9.68. The summed E-state index contributed by atoms with van der Waals surface area (Å²) in [6.45, 7) is 5.25. The minimum absolute atomic E-state index is 0.149. The molecule has 0 N–H and O–H groups in total. The molecule has 0 saturated carbocycles. The normalized spacial score (nSPS) is 11.3. The second-order valence-electron chi connectivity index (χ2n) is 4.47. The maximum absolute atomic E-state index is 10.7. The molecule has 0 amide bonds. The Morgan fingerprint density at radius 2 is 2.12 bits per heavy atom. The van der Waals surface area contributed by atoms with Crippen molar-refractivity contribution >= 4 is 39.2 Å². The molecule has 2 aromatic rings. The van der Waals surface area contributed by atoms with E-state index in [1.165, 1.54) is 0 Å². The fourth-order valence-electron chi connectivity index (χ4n) is 1.89. The first-order valence-corrected chi connectivity index (χ1v) is 6.50. The van der Waals surface area contributed by atoms with Crippen LogP contribution in [0.2, 0.25) is 0 Å². The van der Waals surface area contributed by atoms with Gasteiger partial charge in [-0.15, -0.1) is 0 Å². The van der Waals surface area contributed by atoms with Gasteiger partial charge in [-0.3, -0.25) is 10.1 Å². The topological polar surface area (TPSA) is 48.1 Å². The number of halogens is 1. The zero-order chi connectivity index (χ0) is 12.6. The van der Waals surface area contributed by atoms with Crippen LogP contribution in [0.15, 0.2) is 24.3 Å². The molecule has 0 atom stereocenters. The van der Waals surface area contributed by atoms with E-state index in [0.717, 1.165) is 21.1 Å². The number of nitro benzene ring substituents is 1. The Morgan fingerprint density at radius 1 is 1.41 bits per heavy atom. The van der Waals surface area contributed by atoms with Gasteiger partial charge >= 0.3 is 0 Å². The fourth-order valence-corrected chi connectivity index (χ4v) is 2.68. The van der Waals surface area contributed by atoms with Crippen molar-refractivity contribution in [2.45, 2.75) is 20.4 Å².